The molecule has 1 heterocycles. The van der Waals surface area contributed by atoms with Crippen LogP contribution in [0.4, 0.5) is 13.2 Å². The zero-order valence-electron chi connectivity index (χ0n) is 25.0. The van der Waals surface area contributed by atoms with Gasteiger partial charge in [-0.2, -0.15) is 13.2 Å². The number of hydrogen-bond donors (Lipinski definition) is 2. The van der Waals surface area contributed by atoms with Crippen LogP contribution in [0, 0.1) is 0 Å². The molecule has 0 spiro atoms. The number of carbonyl (C=O) groups is 1. The molecule has 244 valence electrons. The molecule has 1 amide bonds. The molecule has 2 N–H and O–H groups in total. The second-order valence-corrected chi connectivity index (χ2v) is 10.2. The normalized spacial score (nSPS) is 21.6. The van der Waals surface area contributed by atoms with Crippen LogP contribution in [0.1, 0.15) is 16.7 Å². The van der Waals surface area contributed by atoms with Gasteiger partial charge in [-0.25, -0.2) is 0 Å². The first-order valence-corrected chi connectivity index (χ1v) is 14.0. The molecule has 0 bridgehead atoms. The van der Waals surface area contributed by atoms with Gasteiger partial charge < -0.3 is 43.6 Å². The summed E-state index contributed by atoms with van der Waals surface area (Å²) in [5, 5.41) is 12.7. The summed E-state index contributed by atoms with van der Waals surface area (Å²) < 4.78 is 79.4. The summed E-state index contributed by atoms with van der Waals surface area (Å²) in [6.45, 7) is -0.0253. The van der Waals surface area contributed by atoms with Crippen LogP contribution in [0.5, 0.6) is 17.2 Å². The number of amides is 1. The minimum Gasteiger partial charge on any atom is -0.497 e. The van der Waals surface area contributed by atoms with E-state index in [0.717, 1.165) is 11.1 Å². The van der Waals surface area contributed by atoms with E-state index in [-0.39, 0.29) is 26.4 Å². The number of halogens is 3. The summed E-state index contributed by atoms with van der Waals surface area (Å²) in [7, 11) is 4.61. The Kier molecular flexibility index (Phi) is 12.0. The smallest absolute Gasteiger partial charge is 0.471 e. The SMILES string of the molecule is COc1ccc(COCC2OC(O)C(NC(=O)C(F)(F)F)[C@H](OCc3ccc(OC)cc3)[C@H]2OCc2ccc(OC)cc2)cc1. The molecule has 13 heteroatoms. The zero-order valence-corrected chi connectivity index (χ0v) is 25.0. The second-order valence-electron chi connectivity index (χ2n) is 10.2. The maximum Gasteiger partial charge on any atom is 0.471 e. The number of nitrogens with one attached hydrogen (secondary N) is 1. The quantitative estimate of drug-likeness (QED) is 0.270. The summed E-state index contributed by atoms with van der Waals surface area (Å²) >= 11 is 0. The van der Waals surface area contributed by atoms with Gasteiger partial charge in [0.2, 0.25) is 0 Å². The van der Waals surface area contributed by atoms with Crippen LogP contribution in [-0.2, 0) is 43.6 Å². The fraction of sp³-hybridized carbons (Fsp3) is 0.406. The molecule has 4 rings (SSSR count). The van der Waals surface area contributed by atoms with Crippen molar-refractivity contribution in [1.29, 1.82) is 0 Å². The van der Waals surface area contributed by atoms with Gasteiger partial charge >= 0.3 is 12.1 Å². The van der Waals surface area contributed by atoms with Crippen LogP contribution in [0.3, 0.4) is 0 Å². The van der Waals surface area contributed by atoms with Crippen molar-refractivity contribution >= 4 is 5.91 Å². The molecule has 10 nitrogen and oxygen atoms in total. The molecule has 3 aromatic carbocycles. The summed E-state index contributed by atoms with van der Waals surface area (Å²) in [6.07, 6.45) is -10.4. The summed E-state index contributed by atoms with van der Waals surface area (Å²) in [5.74, 6) is -0.349. The lowest BCUT2D eigenvalue weighted by Crippen LogP contribution is -2.66. The van der Waals surface area contributed by atoms with Crippen molar-refractivity contribution in [3.05, 3.63) is 89.5 Å². The van der Waals surface area contributed by atoms with Gasteiger partial charge in [-0.15, -0.1) is 0 Å². The third kappa shape index (κ3) is 9.55. The Hall–Kier alpha value is -3.88. The Bertz CT molecular complexity index is 1340. The van der Waals surface area contributed by atoms with Gasteiger partial charge in [0.15, 0.2) is 6.29 Å². The van der Waals surface area contributed by atoms with Crippen molar-refractivity contribution in [1.82, 2.24) is 5.32 Å². The van der Waals surface area contributed by atoms with Gasteiger partial charge in [0.25, 0.3) is 0 Å². The van der Waals surface area contributed by atoms with Crippen LogP contribution in [0.15, 0.2) is 72.8 Å². The summed E-state index contributed by atoms with van der Waals surface area (Å²) in [5.41, 5.74) is 2.22. The van der Waals surface area contributed by atoms with Gasteiger partial charge in [-0.3, -0.25) is 4.79 Å². The van der Waals surface area contributed by atoms with Crippen molar-refractivity contribution in [2.75, 3.05) is 27.9 Å². The molecule has 1 saturated heterocycles. The molecule has 5 atom stereocenters. The molecule has 0 aliphatic carbocycles. The zero-order chi connectivity index (χ0) is 32.4. The van der Waals surface area contributed by atoms with Crippen molar-refractivity contribution in [3.63, 3.8) is 0 Å². The highest BCUT2D eigenvalue weighted by atomic mass is 19.4. The topological polar surface area (TPSA) is 114 Å². The lowest BCUT2D eigenvalue weighted by molar-refractivity contribution is -0.279. The number of alkyl halides is 3. The minimum absolute atomic E-state index is 0.00539. The summed E-state index contributed by atoms with van der Waals surface area (Å²) in [6, 6.07) is 19.4. The van der Waals surface area contributed by atoms with Crippen LogP contribution >= 0.6 is 0 Å². The van der Waals surface area contributed by atoms with E-state index in [9.17, 15) is 23.1 Å². The Labute approximate surface area is 258 Å². The van der Waals surface area contributed by atoms with Gasteiger partial charge in [-0.1, -0.05) is 36.4 Å². The van der Waals surface area contributed by atoms with E-state index in [4.69, 9.17) is 33.2 Å². The predicted octanol–water partition coefficient (Wildman–Crippen LogP) is 4.16. The van der Waals surface area contributed by atoms with Crippen molar-refractivity contribution in [2.45, 2.75) is 56.6 Å². The first kappa shape index (κ1) is 34.0. The molecular weight excluding hydrogens is 599 g/mol. The standard InChI is InChI=1S/C32H36F3NO9/c1-39-23-10-4-20(5-11-23)16-42-19-26-28(43-17-21-6-12-24(40-2)13-7-21)29(44-18-22-8-14-25(41-3)15-9-22)27(30(37)45-26)36-31(38)32(33,34)35/h4-15,26-30,37H,16-19H2,1-3H3,(H,36,38)/t26?,27?,28-,29-,30?/m0/s1. The average Bonchev–Trinajstić information content (AvgIpc) is 3.04. The van der Waals surface area contributed by atoms with Crippen LogP contribution in [-0.4, -0.2) is 75.8 Å². The highest BCUT2D eigenvalue weighted by Crippen LogP contribution is 2.29. The van der Waals surface area contributed by atoms with Crippen molar-refractivity contribution < 1.29 is 56.2 Å². The molecule has 0 radical (unpaired) electrons. The van der Waals surface area contributed by atoms with Crippen molar-refractivity contribution in [3.8, 4) is 17.2 Å². The molecule has 0 saturated carbocycles. The fourth-order valence-corrected chi connectivity index (χ4v) is 4.68. The van der Waals surface area contributed by atoms with E-state index < -0.39 is 42.7 Å². The lowest BCUT2D eigenvalue weighted by atomic mass is 9.96. The average molecular weight is 636 g/mol. The number of benzene rings is 3. The molecular formula is C32H36F3NO9. The highest BCUT2D eigenvalue weighted by molar-refractivity contribution is 5.82. The van der Waals surface area contributed by atoms with Crippen LogP contribution in [0.25, 0.3) is 0 Å². The van der Waals surface area contributed by atoms with Gasteiger partial charge in [-0.05, 0) is 53.1 Å². The number of ether oxygens (including phenoxy) is 7. The van der Waals surface area contributed by atoms with Crippen molar-refractivity contribution in [2.24, 2.45) is 0 Å². The number of methoxy groups -OCH3 is 3. The molecule has 3 unspecified atom stereocenters. The maximum absolute atomic E-state index is 13.3. The molecule has 1 aliphatic heterocycles. The predicted molar refractivity (Wildman–Crippen MR) is 155 cm³/mol. The highest BCUT2D eigenvalue weighted by Gasteiger charge is 2.50. The lowest BCUT2D eigenvalue weighted by Gasteiger charge is -2.45. The largest absolute Gasteiger partial charge is 0.497 e. The summed E-state index contributed by atoms with van der Waals surface area (Å²) in [4.78, 5) is 12.0. The first-order valence-electron chi connectivity index (χ1n) is 14.0. The Morgan fingerprint density at radius 3 is 1.58 bits per heavy atom. The van der Waals surface area contributed by atoms with E-state index in [0.29, 0.717) is 22.8 Å². The third-order valence-corrected chi connectivity index (χ3v) is 7.13. The van der Waals surface area contributed by atoms with E-state index in [2.05, 4.69) is 0 Å². The molecule has 1 aliphatic rings. The van der Waals surface area contributed by atoms with Gasteiger partial charge in [0.05, 0.1) is 47.8 Å². The molecule has 1 fully saturated rings. The minimum atomic E-state index is -5.21. The Morgan fingerprint density at radius 2 is 1.16 bits per heavy atom. The van der Waals surface area contributed by atoms with E-state index in [1.54, 1.807) is 67.8 Å². The third-order valence-electron chi connectivity index (χ3n) is 7.13. The fourth-order valence-electron chi connectivity index (χ4n) is 4.68. The number of rotatable bonds is 14. The number of aliphatic hydroxyl groups excluding tert-OH is 1. The number of aliphatic hydroxyl groups is 1. The van der Waals surface area contributed by atoms with Gasteiger partial charge in [0, 0.05) is 0 Å². The second kappa shape index (κ2) is 15.9. The molecule has 0 aromatic heterocycles. The molecule has 3 aromatic rings. The Balaban J connectivity index is 1.58. The van der Waals surface area contributed by atoms with Gasteiger partial charge in [0.1, 0.15) is 41.6 Å². The maximum atomic E-state index is 13.3. The number of hydrogen-bond acceptors (Lipinski definition) is 9. The first-order chi connectivity index (χ1) is 21.6. The van der Waals surface area contributed by atoms with E-state index in [1.807, 2.05) is 17.4 Å². The molecule has 45 heavy (non-hydrogen) atoms. The monoisotopic (exact) mass is 635 g/mol. The van der Waals surface area contributed by atoms with E-state index in [1.165, 1.54) is 14.2 Å². The Morgan fingerprint density at radius 1 is 0.733 bits per heavy atom. The van der Waals surface area contributed by atoms with E-state index >= 15 is 0 Å². The number of carbonyl (C=O) groups excluding carboxylic acids is 1. The van der Waals surface area contributed by atoms with Crippen LogP contribution < -0.4 is 19.5 Å². The van der Waals surface area contributed by atoms with Crippen LogP contribution in [0.2, 0.25) is 0 Å².